The minimum atomic E-state index is -0.842. The molecule has 2 aliphatic rings. The van der Waals surface area contributed by atoms with E-state index in [1.807, 2.05) is 6.07 Å². The summed E-state index contributed by atoms with van der Waals surface area (Å²) in [5, 5.41) is 11.9. The highest BCUT2D eigenvalue weighted by molar-refractivity contribution is 5.98. The molecule has 2 N–H and O–H groups in total. The third-order valence-corrected chi connectivity index (χ3v) is 4.31. The van der Waals surface area contributed by atoms with Gasteiger partial charge in [-0.05, 0) is 43.0 Å². The number of fused-ring (bicyclic) bond motifs is 1. The van der Waals surface area contributed by atoms with Crippen LogP contribution in [-0.4, -0.2) is 40.9 Å². The molecule has 3 rings (SSSR count). The molecule has 6 nitrogen and oxygen atoms in total. The normalized spacial score (nSPS) is 21.0. The maximum atomic E-state index is 12.6. The van der Waals surface area contributed by atoms with E-state index in [0.717, 1.165) is 11.3 Å². The fourth-order valence-electron chi connectivity index (χ4n) is 3.06. The monoisotopic (exact) mass is 302 g/mol. The van der Waals surface area contributed by atoms with Gasteiger partial charge in [0, 0.05) is 30.8 Å². The average molecular weight is 302 g/mol. The fraction of sp³-hybridized carbons (Fsp3) is 0.438. The van der Waals surface area contributed by atoms with Crippen molar-refractivity contribution in [1.29, 1.82) is 0 Å². The number of hydrogen-bond donors (Lipinski definition) is 2. The summed E-state index contributed by atoms with van der Waals surface area (Å²) in [6.07, 6.45) is 2.38. The van der Waals surface area contributed by atoms with Crippen molar-refractivity contribution in [2.24, 2.45) is 5.92 Å². The number of amides is 2. The van der Waals surface area contributed by atoms with Crippen LogP contribution in [0.15, 0.2) is 18.2 Å². The Hall–Kier alpha value is -2.37. The lowest BCUT2D eigenvalue weighted by Gasteiger charge is -2.31. The Bertz CT molecular complexity index is 641. The van der Waals surface area contributed by atoms with Gasteiger partial charge in [-0.25, -0.2) is 0 Å². The van der Waals surface area contributed by atoms with Crippen molar-refractivity contribution in [1.82, 2.24) is 4.90 Å². The summed E-state index contributed by atoms with van der Waals surface area (Å²) in [5.41, 5.74) is 2.27. The van der Waals surface area contributed by atoms with E-state index in [2.05, 4.69) is 5.32 Å². The number of carboxylic acid groups (broad SMARTS) is 1. The second-order valence-corrected chi connectivity index (χ2v) is 5.85. The number of aryl methyl sites for hydroxylation is 1. The maximum Gasteiger partial charge on any atom is 0.308 e. The highest BCUT2D eigenvalue weighted by atomic mass is 16.4. The molecule has 0 bridgehead atoms. The Balaban J connectivity index is 1.77. The number of carbonyl (C=O) groups is 3. The summed E-state index contributed by atoms with van der Waals surface area (Å²) in [6.45, 7) is 0.860. The third-order valence-electron chi connectivity index (χ3n) is 4.31. The van der Waals surface area contributed by atoms with E-state index in [-0.39, 0.29) is 18.4 Å². The van der Waals surface area contributed by atoms with Gasteiger partial charge < -0.3 is 15.3 Å². The van der Waals surface area contributed by atoms with Gasteiger partial charge in [0.15, 0.2) is 0 Å². The van der Waals surface area contributed by atoms with Gasteiger partial charge in [0.05, 0.1) is 5.92 Å². The van der Waals surface area contributed by atoms with Crippen LogP contribution in [-0.2, 0) is 16.0 Å². The summed E-state index contributed by atoms with van der Waals surface area (Å²) in [4.78, 5) is 36.6. The topological polar surface area (TPSA) is 86.7 Å². The molecule has 1 saturated heterocycles. The highest BCUT2D eigenvalue weighted by Gasteiger charge is 2.29. The first-order valence-corrected chi connectivity index (χ1v) is 7.49. The van der Waals surface area contributed by atoms with E-state index in [4.69, 9.17) is 5.11 Å². The van der Waals surface area contributed by atoms with Gasteiger partial charge in [0.1, 0.15) is 0 Å². The lowest BCUT2D eigenvalue weighted by atomic mass is 9.96. The number of nitrogens with zero attached hydrogens (tertiary/aromatic N) is 1. The molecule has 0 unspecified atom stereocenters. The van der Waals surface area contributed by atoms with Crippen molar-refractivity contribution < 1.29 is 19.5 Å². The summed E-state index contributed by atoms with van der Waals surface area (Å²) in [5.74, 6) is -1.46. The van der Waals surface area contributed by atoms with E-state index in [1.165, 1.54) is 0 Å². The Morgan fingerprint density at radius 2 is 2.09 bits per heavy atom. The zero-order chi connectivity index (χ0) is 15.7. The van der Waals surface area contributed by atoms with Crippen LogP contribution in [0.3, 0.4) is 0 Å². The molecule has 1 atom stereocenters. The minimum absolute atomic E-state index is 0.00749. The number of benzene rings is 1. The lowest BCUT2D eigenvalue weighted by Crippen LogP contribution is -2.42. The second kappa shape index (κ2) is 5.79. The van der Waals surface area contributed by atoms with Crippen LogP contribution in [0.4, 0.5) is 5.69 Å². The van der Waals surface area contributed by atoms with Gasteiger partial charge in [-0.1, -0.05) is 0 Å². The molecule has 0 saturated carbocycles. The Labute approximate surface area is 128 Å². The van der Waals surface area contributed by atoms with Gasteiger partial charge in [-0.3, -0.25) is 14.4 Å². The molecular formula is C16H18N2O4. The van der Waals surface area contributed by atoms with Crippen molar-refractivity contribution >= 4 is 23.5 Å². The zero-order valence-electron chi connectivity index (χ0n) is 12.2. The van der Waals surface area contributed by atoms with E-state index < -0.39 is 11.9 Å². The van der Waals surface area contributed by atoms with E-state index in [0.29, 0.717) is 37.8 Å². The molecular weight excluding hydrogens is 284 g/mol. The molecule has 2 amide bonds. The van der Waals surface area contributed by atoms with Crippen LogP contribution in [0.2, 0.25) is 0 Å². The van der Waals surface area contributed by atoms with Crippen LogP contribution in [0.25, 0.3) is 0 Å². The molecule has 6 heteroatoms. The molecule has 0 aliphatic carbocycles. The smallest absolute Gasteiger partial charge is 0.308 e. The van der Waals surface area contributed by atoms with Gasteiger partial charge in [-0.15, -0.1) is 0 Å². The van der Waals surface area contributed by atoms with Crippen molar-refractivity contribution in [3.8, 4) is 0 Å². The predicted molar refractivity (Wildman–Crippen MR) is 79.7 cm³/mol. The first-order valence-electron chi connectivity index (χ1n) is 7.49. The largest absolute Gasteiger partial charge is 0.481 e. The quantitative estimate of drug-likeness (QED) is 0.867. The van der Waals surface area contributed by atoms with E-state index in [1.54, 1.807) is 17.0 Å². The van der Waals surface area contributed by atoms with Gasteiger partial charge in [0.25, 0.3) is 5.91 Å². The van der Waals surface area contributed by atoms with Crippen LogP contribution < -0.4 is 5.32 Å². The third kappa shape index (κ3) is 2.81. The molecule has 2 heterocycles. The number of hydrogen-bond acceptors (Lipinski definition) is 3. The number of rotatable bonds is 2. The first-order chi connectivity index (χ1) is 10.5. The fourth-order valence-corrected chi connectivity index (χ4v) is 3.06. The summed E-state index contributed by atoms with van der Waals surface area (Å²) in [6, 6.07) is 5.25. The molecule has 2 aliphatic heterocycles. The van der Waals surface area contributed by atoms with Crippen molar-refractivity contribution in [3.63, 3.8) is 0 Å². The van der Waals surface area contributed by atoms with Gasteiger partial charge in [0.2, 0.25) is 5.91 Å². The lowest BCUT2D eigenvalue weighted by molar-refractivity contribution is -0.143. The molecule has 0 aromatic heterocycles. The number of likely N-dealkylation sites (tertiary alicyclic amines) is 1. The number of carbonyl (C=O) groups excluding carboxylic acids is 2. The SMILES string of the molecule is O=C1CCc2cc(C(=O)N3CCC[C@@H](C(=O)O)C3)ccc2N1. The maximum absolute atomic E-state index is 12.6. The van der Waals surface area contributed by atoms with Gasteiger partial charge in [-0.2, -0.15) is 0 Å². The number of anilines is 1. The van der Waals surface area contributed by atoms with E-state index in [9.17, 15) is 14.4 Å². The van der Waals surface area contributed by atoms with Crippen LogP contribution in [0, 0.1) is 5.92 Å². The molecule has 116 valence electrons. The number of piperidine rings is 1. The predicted octanol–water partition coefficient (Wildman–Crippen LogP) is 1.51. The summed E-state index contributed by atoms with van der Waals surface area (Å²) >= 11 is 0. The number of aliphatic carboxylic acids is 1. The van der Waals surface area contributed by atoms with Crippen LogP contribution in [0.1, 0.15) is 35.2 Å². The summed E-state index contributed by atoms with van der Waals surface area (Å²) in [7, 11) is 0. The summed E-state index contributed by atoms with van der Waals surface area (Å²) < 4.78 is 0. The van der Waals surface area contributed by atoms with Crippen molar-refractivity contribution in [3.05, 3.63) is 29.3 Å². The number of nitrogens with one attached hydrogen (secondary N) is 1. The van der Waals surface area contributed by atoms with Gasteiger partial charge >= 0.3 is 5.97 Å². The average Bonchev–Trinajstić information content (AvgIpc) is 2.53. The first kappa shape index (κ1) is 14.6. The zero-order valence-corrected chi connectivity index (χ0v) is 12.2. The van der Waals surface area contributed by atoms with Crippen LogP contribution in [0.5, 0.6) is 0 Å². The van der Waals surface area contributed by atoms with Crippen LogP contribution >= 0.6 is 0 Å². The molecule has 1 aromatic rings. The minimum Gasteiger partial charge on any atom is -0.481 e. The molecule has 1 fully saturated rings. The Kier molecular flexibility index (Phi) is 3.83. The Morgan fingerprint density at radius 1 is 1.27 bits per heavy atom. The standard InChI is InChI=1S/C16H18N2O4/c19-14-6-4-10-8-11(3-5-13(10)17-14)15(20)18-7-1-2-12(9-18)16(21)22/h3,5,8,12H,1-2,4,6-7,9H2,(H,17,19)(H,21,22)/t12-/m1/s1. The van der Waals surface area contributed by atoms with Crippen molar-refractivity contribution in [2.75, 3.05) is 18.4 Å². The van der Waals surface area contributed by atoms with E-state index >= 15 is 0 Å². The van der Waals surface area contributed by atoms with Crippen molar-refractivity contribution in [2.45, 2.75) is 25.7 Å². The molecule has 1 aromatic carbocycles. The molecule has 22 heavy (non-hydrogen) atoms. The molecule has 0 radical (unpaired) electrons. The number of carboxylic acids is 1. The Morgan fingerprint density at radius 3 is 2.86 bits per heavy atom. The molecule has 0 spiro atoms. The second-order valence-electron chi connectivity index (χ2n) is 5.85. The highest BCUT2D eigenvalue weighted by Crippen LogP contribution is 2.25.